The Morgan fingerprint density at radius 2 is 2.25 bits per heavy atom. The van der Waals surface area contributed by atoms with Crippen LogP contribution in [0.15, 0.2) is 23.3 Å². The van der Waals surface area contributed by atoms with Gasteiger partial charge in [-0.25, -0.2) is 0 Å². The molecule has 1 rings (SSSR count). The highest BCUT2D eigenvalue weighted by molar-refractivity contribution is 6.34. The Morgan fingerprint density at radius 3 is 2.90 bits per heavy atom. The largest absolute Gasteiger partial charge is 0.352 e. The van der Waals surface area contributed by atoms with Gasteiger partial charge >= 0.3 is 0 Å². The van der Waals surface area contributed by atoms with Gasteiger partial charge < -0.3 is 5.32 Å². The highest BCUT2D eigenvalue weighted by atomic mass is 35.5. The molecule has 0 heterocycles. The number of hydrogen-bond donors (Lipinski definition) is 1. The molecule has 1 aromatic carbocycles. The summed E-state index contributed by atoms with van der Waals surface area (Å²) in [7, 11) is 0. The molecule has 0 aromatic heterocycles. The zero-order chi connectivity index (χ0) is 15.0. The molecule has 0 atom stereocenters. The van der Waals surface area contributed by atoms with E-state index in [1.165, 1.54) is 18.2 Å². The van der Waals surface area contributed by atoms with Gasteiger partial charge in [0.25, 0.3) is 11.6 Å². The molecular formula is C11H12ClN5O3. The third-order valence-electron chi connectivity index (χ3n) is 2.45. The van der Waals surface area contributed by atoms with E-state index < -0.39 is 10.8 Å². The van der Waals surface area contributed by atoms with Crippen LogP contribution in [-0.4, -0.2) is 23.9 Å². The Kier molecular flexibility index (Phi) is 6.28. The van der Waals surface area contributed by atoms with E-state index in [1.54, 1.807) is 0 Å². The van der Waals surface area contributed by atoms with E-state index in [0.717, 1.165) is 0 Å². The minimum atomic E-state index is -0.650. The van der Waals surface area contributed by atoms with Gasteiger partial charge in [-0.1, -0.05) is 22.8 Å². The van der Waals surface area contributed by atoms with Gasteiger partial charge in [-0.15, -0.1) is 0 Å². The molecule has 0 spiro atoms. The second-order valence-electron chi connectivity index (χ2n) is 3.81. The normalized spacial score (nSPS) is 9.65. The standard InChI is InChI=1S/C11H12ClN5O3/c12-8-4-3-5-9(17(19)20)10(8)11(18)14-6-1-2-7-15-16-13/h3-5H,1-2,6-7H2,(H,14,18). The summed E-state index contributed by atoms with van der Waals surface area (Å²) in [6, 6.07) is 4.06. The summed E-state index contributed by atoms with van der Waals surface area (Å²) < 4.78 is 0. The molecule has 0 aliphatic heterocycles. The summed E-state index contributed by atoms with van der Waals surface area (Å²) >= 11 is 5.83. The molecule has 1 N–H and O–H groups in total. The van der Waals surface area contributed by atoms with Gasteiger partial charge in [0.2, 0.25) is 0 Å². The number of unbranched alkanes of at least 4 members (excludes halogenated alkanes) is 1. The van der Waals surface area contributed by atoms with Gasteiger partial charge in [0.1, 0.15) is 5.56 Å². The van der Waals surface area contributed by atoms with Gasteiger partial charge in [-0.2, -0.15) is 0 Å². The van der Waals surface area contributed by atoms with Crippen LogP contribution in [0, 0.1) is 10.1 Å². The zero-order valence-corrected chi connectivity index (χ0v) is 11.2. The molecule has 0 fully saturated rings. The molecule has 0 bridgehead atoms. The van der Waals surface area contributed by atoms with Crippen molar-refractivity contribution in [2.45, 2.75) is 12.8 Å². The molecule has 0 saturated heterocycles. The van der Waals surface area contributed by atoms with Crippen LogP contribution in [-0.2, 0) is 0 Å². The molecule has 0 aliphatic rings. The number of nitrogens with one attached hydrogen (secondary N) is 1. The number of nitrogens with zero attached hydrogens (tertiary/aromatic N) is 4. The number of amides is 1. The molecule has 20 heavy (non-hydrogen) atoms. The van der Waals surface area contributed by atoms with Crippen molar-refractivity contribution < 1.29 is 9.72 Å². The Hall–Kier alpha value is -2.31. The lowest BCUT2D eigenvalue weighted by molar-refractivity contribution is -0.385. The van der Waals surface area contributed by atoms with Crippen LogP contribution in [0.5, 0.6) is 0 Å². The molecule has 0 saturated carbocycles. The zero-order valence-electron chi connectivity index (χ0n) is 10.5. The van der Waals surface area contributed by atoms with Gasteiger partial charge in [-0.05, 0) is 24.4 Å². The van der Waals surface area contributed by atoms with Gasteiger partial charge in [0, 0.05) is 24.1 Å². The molecule has 8 nitrogen and oxygen atoms in total. The monoisotopic (exact) mass is 297 g/mol. The van der Waals surface area contributed by atoms with Crippen molar-refractivity contribution in [2.24, 2.45) is 5.11 Å². The maximum absolute atomic E-state index is 11.9. The summed E-state index contributed by atoms with van der Waals surface area (Å²) in [6.45, 7) is 0.667. The number of carbonyl (C=O) groups excluding carboxylic acids is 1. The summed E-state index contributed by atoms with van der Waals surface area (Å²) in [5.41, 5.74) is 7.61. The number of nitro benzene ring substituents is 1. The average Bonchev–Trinajstić information content (AvgIpc) is 2.42. The summed E-state index contributed by atoms with van der Waals surface area (Å²) in [5.74, 6) is -0.592. The van der Waals surface area contributed by atoms with Gasteiger partial charge in [0.05, 0.1) is 9.95 Å². The number of nitro groups is 1. The van der Waals surface area contributed by atoms with E-state index in [2.05, 4.69) is 15.3 Å². The number of benzene rings is 1. The smallest absolute Gasteiger partial charge is 0.283 e. The third-order valence-corrected chi connectivity index (χ3v) is 2.76. The number of azide groups is 1. The lowest BCUT2D eigenvalue weighted by Gasteiger charge is -2.06. The summed E-state index contributed by atoms with van der Waals surface area (Å²) in [6.07, 6.45) is 1.22. The lowest BCUT2D eigenvalue weighted by Crippen LogP contribution is -2.25. The van der Waals surface area contributed by atoms with Crippen molar-refractivity contribution in [3.8, 4) is 0 Å². The number of rotatable bonds is 7. The Bertz CT molecular complexity index is 557. The van der Waals surface area contributed by atoms with Crippen LogP contribution in [0.1, 0.15) is 23.2 Å². The first-order valence-corrected chi connectivity index (χ1v) is 6.17. The maximum Gasteiger partial charge on any atom is 0.283 e. The van der Waals surface area contributed by atoms with Crippen molar-refractivity contribution in [3.05, 3.63) is 49.3 Å². The predicted molar refractivity (Wildman–Crippen MR) is 73.7 cm³/mol. The van der Waals surface area contributed by atoms with Crippen LogP contribution >= 0.6 is 11.6 Å². The van der Waals surface area contributed by atoms with Crippen molar-refractivity contribution in [1.82, 2.24) is 5.32 Å². The number of carbonyl (C=O) groups is 1. The summed E-state index contributed by atoms with van der Waals surface area (Å²) in [4.78, 5) is 24.7. The second-order valence-corrected chi connectivity index (χ2v) is 4.22. The minimum absolute atomic E-state index is 0.0331. The Labute approximate surface area is 119 Å². The SMILES string of the molecule is [N-]=[N+]=NCCCCNC(=O)c1c(Cl)cccc1[N+](=O)[O-]. The number of halogens is 1. The minimum Gasteiger partial charge on any atom is -0.352 e. The summed E-state index contributed by atoms with van der Waals surface area (Å²) in [5, 5.41) is 16.8. The first kappa shape index (κ1) is 15.7. The van der Waals surface area contributed by atoms with Crippen LogP contribution in [0.25, 0.3) is 10.4 Å². The second kappa shape index (κ2) is 7.98. The van der Waals surface area contributed by atoms with E-state index in [4.69, 9.17) is 17.1 Å². The number of hydrogen-bond acceptors (Lipinski definition) is 4. The lowest BCUT2D eigenvalue weighted by atomic mass is 10.1. The topological polar surface area (TPSA) is 121 Å². The third kappa shape index (κ3) is 4.42. The van der Waals surface area contributed by atoms with E-state index in [0.29, 0.717) is 25.9 Å². The molecular weight excluding hydrogens is 286 g/mol. The van der Waals surface area contributed by atoms with Crippen LogP contribution < -0.4 is 5.32 Å². The first-order chi connectivity index (χ1) is 9.57. The molecule has 0 aliphatic carbocycles. The van der Waals surface area contributed by atoms with Gasteiger partial charge in [-0.3, -0.25) is 14.9 Å². The van der Waals surface area contributed by atoms with E-state index >= 15 is 0 Å². The molecule has 1 amide bonds. The Morgan fingerprint density at radius 1 is 1.50 bits per heavy atom. The fraction of sp³-hybridized carbons (Fsp3) is 0.364. The Balaban J connectivity index is 2.64. The van der Waals surface area contributed by atoms with Crippen LogP contribution in [0.2, 0.25) is 5.02 Å². The fourth-order valence-corrected chi connectivity index (χ4v) is 1.79. The molecule has 106 valence electrons. The van der Waals surface area contributed by atoms with E-state index in [9.17, 15) is 14.9 Å². The maximum atomic E-state index is 11.9. The van der Waals surface area contributed by atoms with Crippen LogP contribution in [0.4, 0.5) is 5.69 Å². The van der Waals surface area contributed by atoms with Crippen molar-refractivity contribution in [3.63, 3.8) is 0 Å². The predicted octanol–water partition coefficient (Wildman–Crippen LogP) is 3.07. The molecule has 0 unspecified atom stereocenters. The van der Waals surface area contributed by atoms with E-state index in [-0.39, 0.29) is 16.3 Å². The highest BCUT2D eigenvalue weighted by Crippen LogP contribution is 2.25. The first-order valence-electron chi connectivity index (χ1n) is 5.80. The molecule has 0 radical (unpaired) electrons. The quantitative estimate of drug-likeness (QED) is 0.208. The average molecular weight is 298 g/mol. The van der Waals surface area contributed by atoms with Crippen molar-refractivity contribution in [2.75, 3.05) is 13.1 Å². The molecule has 1 aromatic rings. The van der Waals surface area contributed by atoms with Gasteiger partial charge in [0.15, 0.2) is 0 Å². The van der Waals surface area contributed by atoms with Crippen molar-refractivity contribution in [1.29, 1.82) is 0 Å². The molecule has 9 heteroatoms. The fourth-order valence-electron chi connectivity index (χ4n) is 1.53. The van der Waals surface area contributed by atoms with Crippen LogP contribution in [0.3, 0.4) is 0 Å². The highest BCUT2D eigenvalue weighted by Gasteiger charge is 2.22. The van der Waals surface area contributed by atoms with Crippen molar-refractivity contribution >= 4 is 23.2 Å². The van der Waals surface area contributed by atoms with E-state index in [1.807, 2.05) is 0 Å².